The van der Waals surface area contributed by atoms with Gasteiger partial charge in [0.15, 0.2) is 11.5 Å². The highest BCUT2D eigenvalue weighted by Gasteiger charge is 2.33. The number of fused-ring (bicyclic) bond motifs is 5. The Morgan fingerprint density at radius 1 is 1.21 bits per heavy atom. The fourth-order valence-corrected chi connectivity index (χ4v) is 4.66. The molecule has 7 nitrogen and oxygen atoms in total. The van der Waals surface area contributed by atoms with Crippen LogP contribution < -0.4 is 0 Å². The quantitative estimate of drug-likeness (QED) is 0.370. The van der Waals surface area contributed by atoms with Crippen LogP contribution in [0.1, 0.15) is 22.8 Å². The molecule has 5 aromatic rings. The monoisotopic (exact) mass is 481 g/mol. The van der Waals surface area contributed by atoms with E-state index < -0.39 is 11.9 Å². The van der Waals surface area contributed by atoms with Crippen LogP contribution >= 0.6 is 27.3 Å². The Balaban J connectivity index is 1.69. The first-order valence-corrected chi connectivity index (χ1v) is 10.0. The molecule has 5 aromatic heterocycles. The second-order valence-electron chi connectivity index (χ2n) is 6.56. The van der Waals surface area contributed by atoms with Gasteiger partial charge < -0.3 is 0 Å². The molecule has 0 fully saturated rings. The van der Waals surface area contributed by atoms with E-state index in [2.05, 4.69) is 41.1 Å². The van der Waals surface area contributed by atoms with E-state index in [0.29, 0.717) is 39.2 Å². The number of halogens is 4. The maximum atomic E-state index is 13.1. The molecular formula is C17H11BrF3N7S. The van der Waals surface area contributed by atoms with E-state index in [1.807, 2.05) is 6.92 Å². The molecule has 0 radical (unpaired) electrons. The van der Waals surface area contributed by atoms with E-state index in [1.54, 1.807) is 17.8 Å². The van der Waals surface area contributed by atoms with Crippen LogP contribution in [0, 0.1) is 13.8 Å². The van der Waals surface area contributed by atoms with Gasteiger partial charge in [0.1, 0.15) is 28.1 Å². The zero-order chi connectivity index (χ0) is 20.5. The van der Waals surface area contributed by atoms with E-state index in [4.69, 9.17) is 0 Å². The Hall–Kier alpha value is -2.60. The molecule has 0 atom stereocenters. The molecule has 0 aromatic carbocycles. The average Bonchev–Trinajstić information content (AvgIpc) is 3.31. The van der Waals surface area contributed by atoms with Gasteiger partial charge in [-0.15, -0.1) is 16.4 Å². The van der Waals surface area contributed by atoms with Crippen molar-refractivity contribution in [2.24, 2.45) is 0 Å². The van der Waals surface area contributed by atoms with E-state index in [0.717, 1.165) is 27.6 Å². The van der Waals surface area contributed by atoms with Crippen LogP contribution in [-0.4, -0.2) is 34.3 Å². The molecule has 29 heavy (non-hydrogen) atoms. The summed E-state index contributed by atoms with van der Waals surface area (Å²) in [6.07, 6.45) is -1.29. The number of hydrogen-bond donors (Lipinski definition) is 0. The third kappa shape index (κ3) is 2.89. The number of aromatic nitrogens is 7. The number of aryl methyl sites for hydroxylation is 1. The first-order valence-electron chi connectivity index (χ1n) is 8.41. The van der Waals surface area contributed by atoms with Gasteiger partial charge in [0.05, 0.1) is 21.9 Å². The van der Waals surface area contributed by atoms with Crippen LogP contribution in [0.5, 0.6) is 0 Å². The van der Waals surface area contributed by atoms with Crippen LogP contribution in [-0.2, 0) is 12.7 Å². The number of alkyl halides is 3. The van der Waals surface area contributed by atoms with Gasteiger partial charge in [-0.05, 0) is 41.4 Å². The summed E-state index contributed by atoms with van der Waals surface area (Å²) >= 11 is 4.55. The third-order valence-electron chi connectivity index (χ3n) is 4.63. The van der Waals surface area contributed by atoms with Crippen LogP contribution in [0.15, 0.2) is 23.1 Å². The molecule has 0 aliphatic carbocycles. The van der Waals surface area contributed by atoms with E-state index >= 15 is 0 Å². The zero-order valence-corrected chi connectivity index (χ0v) is 17.4. The van der Waals surface area contributed by atoms with Crippen molar-refractivity contribution < 1.29 is 13.2 Å². The molecule has 0 amide bonds. The molecule has 5 rings (SSSR count). The third-order valence-corrected chi connectivity index (χ3v) is 6.48. The maximum absolute atomic E-state index is 13.1. The molecular weight excluding hydrogens is 471 g/mol. The van der Waals surface area contributed by atoms with Gasteiger partial charge in [0.2, 0.25) is 0 Å². The molecule has 0 saturated heterocycles. The lowest BCUT2D eigenvalue weighted by molar-refractivity contribution is -0.141. The molecule has 0 saturated carbocycles. The van der Waals surface area contributed by atoms with Crippen molar-refractivity contribution in [1.29, 1.82) is 0 Å². The van der Waals surface area contributed by atoms with Gasteiger partial charge in [0, 0.05) is 5.39 Å². The number of nitrogens with zero attached hydrogens (tertiary/aromatic N) is 7. The summed E-state index contributed by atoms with van der Waals surface area (Å²) in [6, 6.07) is 1.05. The average molecular weight is 482 g/mol. The SMILES string of the molecule is Cc1cc(C(F)(F)F)nc2sc3c(ncn4nc(Cn5ncc(Br)c5C)nc34)c12. The lowest BCUT2D eigenvalue weighted by Crippen LogP contribution is -2.07. The lowest BCUT2D eigenvalue weighted by Gasteiger charge is -2.06. The smallest absolute Gasteiger partial charge is 0.261 e. The Bertz CT molecular complexity index is 1420. The molecule has 148 valence electrons. The highest BCUT2D eigenvalue weighted by Crippen LogP contribution is 2.38. The second kappa shape index (κ2) is 6.20. The Labute approximate surface area is 173 Å². The number of pyridine rings is 1. The highest BCUT2D eigenvalue weighted by molar-refractivity contribution is 9.10. The Morgan fingerprint density at radius 3 is 2.69 bits per heavy atom. The summed E-state index contributed by atoms with van der Waals surface area (Å²) in [4.78, 5) is 13.1. The summed E-state index contributed by atoms with van der Waals surface area (Å²) in [7, 11) is 0. The zero-order valence-electron chi connectivity index (χ0n) is 15.0. The van der Waals surface area contributed by atoms with Gasteiger partial charge in [-0.3, -0.25) is 4.68 Å². The highest BCUT2D eigenvalue weighted by atomic mass is 79.9. The van der Waals surface area contributed by atoms with Crippen LogP contribution in [0.4, 0.5) is 13.2 Å². The summed E-state index contributed by atoms with van der Waals surface area (Å²) < 4.78 is 44.2. The molecule has 0 spiro atoms. The van der Waals surface area contributed by atoms with Gasteiger partial charge >= 0.3 is 6.18 Å². The number of rotatable bonds is 2. The van der Waals surface area contributed by atoms with Crippen LogP contribution in [0.25, 0.3) is 26.1 Å². The molecule has 0 aliphatic rings. The minimum Gasteiger partial charge on any atom is -0.261 e. The molecule has 0 N–H and O–H groups in total. The van der Waals surface area contributed by atoms with Crippen molar-refractivity contribution in [2.45, 2.75) is 26.6 Å². The first-order chi connectivity index (χ1) is 13.7. The van der Waals surface area contributed by atoms with Crippen molar-refractivity contribution >= 4 is 53.3 Å². The summed E-state index contributed by atoms with van der Waals surface area (Å²) in [5.74, 6) is 0.524. The second-order valence-corrected chi connectivity index (χ2v) is 8.41. The normalized spacial score (nSPS) is 12.6. The van der Waals surface area contributed by atoms with Crippen molar-refractivity contribution in [3.63, 3.8) is 0 Å². The fourth-order valence-electron chi connectivity index (χ4n) is 3.18. The van der Waals surface area contributed by atoms with Gasteiger partial charge in [0.25, 0.3) is 0 Å². The predicted molar refractivity (Wildman–Crippen MR) is 105 cm³/mol. The summed E-state index contributed by atoms with van der Waals surface area (Å²) in [5.41, 5.74) is 1.61. The fraction of sp³-hybridized carbons (Fsp3) is 0.235. The van der Waals surface area contributed by atoms with Crippen molar-refractivity contribution in [2.75, 3.05) is 0 Å². The minimum atomic E-state index is -4.50. The molecule has 0 bridgehead atoms. The van der Waals surface area contributed by atoms with E-state index in [-0.39, 0.29) is 4.83 Å². The van der Waals surface area contributed by atoms with E-state index in [1.165, 1.54) is 10.8 Å². The van der Waals surface area contributed by atoms with Gasteiger partial charge in [-0.1, -0.05) is 0 Å². The summed E-state index contributed by atoms with van der Waals surface area (Å²) in [5, 5.41) is 9.31. The lowest BCUT2D eigenvalue weighted by atomic mass is 10.1. The molecule has 5 heterocycles. The Kier molecular flexibility index (Phi) is 3.94. The minimum absolute atomic E-state index is 0.282. The van der Waals surface area contributed by atoms with Crippen molar-refractivity contribution in [3.05, 3.63) is 45.8 Å². The van der Waals surface area contributed by atoms with Gasteiger partial charge in [-0.25, -0.2) is 19.5 Å². The van der Waals surface area contributed by atoms with Crippen molar-refractivity contribution in [3.8, 4) is 0 Å². The van der Waals surface area contributed by atoms with Gasteiger partial charge in [-0.2, -0.15) is 18.3 Å². The van der Waals surface area contributed by atoms with Crippen molar-refractivity contribution in [1.82, 2.24) is 34.3 Å². The Morgan fingerprint density at radius 2 is 2.00 bits per heavy atom. The first kappa shape index (κ1) is 18.4. The largest absolute Gasteiger partial charge is 0.433 e. The number of hydrogen-bond acceptors (Lipinski definition) is 6. The number of thiophene rings is 1. The van der Waals surface area contributed by atoms with E-state index in [9.17, 15) is 13.2 Å². The molecule has 0 aliphatic heterocycles. The van der Waals surface area contributed by atoms with Crippen LogP contribution in [0.3, 0.4) is 0 Å². The predicted octanol–water partition coefficient (Wildman–Crippen LogP) is 4.53. The maximum Gasteiger partial charge on any atom is 0.433 e. The van der Waals surface area contributed by atoms with Crippen LogP contribution in [0.2, 0.25) is 0 Å². The topological polar surface area (TPSA) is 73.8 Å². The standard InChI is InChI=1S/C17H11BrF3N7S/c1-7-3-10(17(19,20)21)24-16-12(7)13-14(29-16)15-25-11(26-28(15)6-22-13)5-27-8(2)9(18)4-23-27/h3-4,6H,5H2,1-2H3. The summed E-state index contributed by atoms with van der Waals surface area (Å²) in [6.45, 7) is 3.91. The molecule has 12 heteroatoms. The molecule has 0 unspecified atom stereocenters.